The van der Waals surface area contributed by atoms with E-state index in [9.17, 15) is 14.9 Å². The summed E-state index contributed by atoms with van der Waals surface area (Å²) in [7, 11) is 0. The molecule has 10 heteroatoms. The Hall–Kier alpha value is -4.21. The first-order valence-corrected chi connectivity index (χ1v) is 10.2. The zero-order valence-electron chi connectivity index (χ0n) is 17.2. The predicted molar refractivity (Wildman–Crippen MR) is 120 cm³/mol. The number of carbonyl (C=O) groups excluding carboxylic acids is 1. The molecule has 0 bridgehead atoms. The summed E-state index contributed by atoms with van der Waals surface area (Å²) in [5.41, 5.74) is 7.12. The molecule has 0 unspecified atom stereocenters. The van der Waals surface area contributed by atoms with Crippen molar-refractivity contribution < 1.29 is 14.5 Å². The molecular formula is C22H22N6O4. The Morgan fingerprint density at radius 2 is 1.88 bits per heavy atom. The van der Waals surface area contributed by atoms with Crippen LogP contribution in [0.5, 0.6) is 11.6 Å². The van der Waals surface area contributed by atoms with E-state index in [1.165, 1.54) is 43.7 Å². The van der Waals surface area contributed by atoms with Gasteiger partial charge in [0.15, 0.2) is 11.5 Å². The van der Waals surface area contributed by atoms with Crippen LogP contribution in [0, 0.1) is 10.1 Å². The van der Waals surface area contributed by atoms with Gasteiger partial charge in [0, 0.05) is 30.5 Å². The van der Waals surface area contributed by atoms with Crippen LogP contribution in [0.25, 0.3) is 0 Å². The lowest BCUT2D eigenvalue weighted by Gasteiger charge is -2.28. The molecule has 1 amide bonds. The van der Waals surface area contributed by atoms with E-state index in [1.807, 2.05) is 24.3 Å². The first kappa shape index (κ1) is 21.0. The summed E-state index contributed by atoms with van der Waals surface area (Å²) in [5.74, 6) is -0.335. The van der Waals surface area contributed by atoms with Gasteiger partial charge in [0.1, 0.15) is 5.75 Å². The lowest BCUT2D eigenvalue weighted by atomic mass is 10.1. The molecule has 1 fully saturated rings. The van der Waals surface area contributed by atoms with Crippen LogP contribution in [0.15, 0.2) is 54.7 Å². The number of non-ortho nitro benzene ring substituents is 1. The fraction of sp³-hybridized carbons (Fsp3) is 0.227. The van der Waals surface area contributed by atoms with Crippen molar-refractivity contribution in [1.82, 2.24) is 9.97 Å². The molecule has 0 radical (unpaired) electrons. The van der Waals surface area contributed by atoms with Crippen molar-refractivity contribution in [1.29, 1.82) is 0 Å². The van der Waals surface area contributed by atoms with Crippen molar-refractivity contribution in [3.63, 3.8) is 0 Å². The maximum atomic E-state index is 11.8. The van der Waals surface area contributed by atoms with Gasteiger partial charge in [0.05, 0.1) is 17.2 Å². The number of rotatable bonds is 7. The van der Waals surface area contributed by atoms with Gasteiger partial charge >= 0.3 is 0 Å². The van der Waals surface area contributed by atoms with Crippen LogP contribution in [0.1, 0.15) is 29.8 Å². The number of hydrogen-bond donors (Lipinski definition) is 2. The molecule has 4 rings (SSSR count). The SMILES string of the molecule is NC(=O)c1ncc(Oc2cccc([N+](=O)[O-])c2)nc1Nc1ccc(N2CCCCC2)cc1. The first-order valence-electron chi connectivity index (χ1n) is 10.2. The molecule has 0 saturated carbocycles. The molecule has 1 aromatic heterocycles. The van der Waals surface area contributed by atoms with Crippen LogP contribution in [-0.2, 0) is 0 Å². The third kappa shape index (κ3) is 4.91. The zero-order chi connectivity index (χ0) is 22.5. The Morgan fingerprint density at radius 1 is 1.12 bits per heavy atom. The number of piperidine rings is 1. The van der Waals surface area contributed by atoms with Gasteiger partial charge < -0.3 is 20.7 Å². The maximum Gasteiger partial charge on any atom is 0.273 e. The number of hydrogen-bond acceptors (Lipinski definition) is 8. The number of anilines is 3. The van der Waals surface area contributed by atoms with Crippen molar-refractivity contribution >= 4 is 28.8 Å². The number of primary amides is 1. The highest BCUT2D eigenvalue weighted by Gasteiger charge is 2.16. The zero-order valence-corrected chi connectivity index (χ0v) is 17.2. The van der Waals surface area contributed by atoms with E-state index in [1.54, 1.807) is 6.07 Å². The van der Waals surface area contributed by atoms with E-state index in [0.717, 1.165) is 18.8 Å². The Balaban J connectivity index is 1.55. The topological polar surface area (TPSA) is 137 Å². The van der Waals surface area contributed by atoms with E-state index in [0.29, 0.717) is 5.69 Å². The third-order valence-corrected chi connectivity index (χ3v) is 5.09. The van der Waals surface area contributed by atoms with Crippen LogP contribution >= 0.6 is 0 Å². The largest absolute Gasteiger partial charge is 0.437 e. The van der Waals surface area contributed by atoms with Crippen molar-refractivity contribution in [2.75, 3.05) is 23.3 Å². The third-order valence-electron chi connectivity index (χ3n) is 5.09. The minimum atomic E-state index is -0.744. The molecule has 0 atom stereocenters. The average molecular weight is 434 g/mol. The average Bonchev–Trinajstić information content (AvgIpc) is 2.80. The van der Waals surface area contributed by atoms with Crippen LogP contribution < -0.4 is 20.7 Å². The summed E-state index contributed by atoms with van der Waals surface area (Å²) in [6.45, 7) is 2.09. The smallest absolute Gasteiger partial charge is 0.273 e. The Bertz CT molecular complexity index is 1130. The quantitative estimate of drug-likeness (QED) is 0.420. The summed E-state index contributed by atoms with van der Waals surface area (Å²) in [6.07, 6.45) is 4.88. The number of nitrogens with one attached hydrogen (secondary N) is 1. The van der Waals surface area contributed by atoms with Gasteiger partial charge in [-0.2, -0.15) is 4.98 Å². The minimum Gasteiger partial charge on any atom is -0.437 e. The highest BCUT2D eigenvalue weighted by molar-refractivity contribution is 5.96. The number of ether oxygens (including phenoxy) is 1. The van der Waals surface area contributed by atoms with Crippen LogP contribution in [-0.4, -0.2) is 33.9 Å². The molecule has 3 aromatic rings. The van der Waals surface area contributed by atoms with Crippen LogP contribution in [0.3, 0.4) is 0 Å². The van der Waals surface area contributed by atoms with E-state index in [4.69, 9.17) is 10.5 Å². The summed E-state index contributed by atoms with van der Waals surface area (Å²) in [5, 5.41) is 14.0. The van der Waals surface area contributed by atoms with Crippen molar-refractivity contribution in [2.24, 2.45) is 5.73 Å². The number of nitrogens with two attached hydrogens (primary N) is 1. The standard InChI is InChI=1S/C22H22N6O4/c23-21(29)20-22(25-15-7-9-16(10-8-15)27-11-2-1-3-12-27)26-19(14-24-20)32-18-6-4-5-17(13-18)28(30)31/h4-10,13-14H,1-3,11-12H2,(H2,23,29)(H,25,26). The molecule has 2 heterocycles. The summed E-state index contributed by atoms with van der Waals surface area (Å²) >= 11 is 0. The molecule has 0 aliphatic carbocycles. The maximum absolute atomic E-state index is 11.8. The Labute approximate surface area is 184 Å². The number of aromatic nitrogens is 2. The minimum absolute atomic E-state index is 0.0449. The predicted octanol–water partition coefficient (Wildman–Crippen LogP) is 4.01. The van der Waals surface area contributed by atoms with Gasteiger partial charge in [-0.1, -0.05) is 6.07 Å². The summed E-state index contributed by atoms with van der Waals surface area (Å²) in [4.78, 5) is 33.0. The number of nitro groups is 1. The Kier molecular flexibility index (Phi) is 6.11. The van der Waals surface area contributed by atoms with Gasteiger partial charge in [0.2, 0.25) is 5.88 Å². The summed E-state index contributed by atoms with van der Waals surface area (Å²) in [6, 6.07) is 13.5. The van der Waals surface area contributed by atoms with E-state index >= 15 is 0 Å². The van der Waals surface area contributed by atoms with Gasteiger partial charge in [-0.05, 0) is 49.6 Å². The number of amides is 1. The molecule has 1 aliphatic rings. The van der Waals surface area contributed by atoms with Crippen molar-refractivity contribution in [3.8, 4) is 11.6 Å². The second-order valence-electron chi connectivity index (χ2n) is 7.35. The van der Waals surface area contributed by atoms with Gasteiger partial charge in [-0.3, -0.25) is 14.9 Å². The molecule has 32 heavy (non-hydrogen) atoms. The van der Waals surface area contributed by atoms with Crippen molar-refractivity contribution in [3.05, 3.63) is 70.5 Å². The molecular weight excluding hydrogens is 412 g/mol. The normalized spacial score (nSPS) is 13.4. The molecule has 10 nitrogen and oxygen atoms in total. The summed E-state index contributed by atoms with van der Waals surface area (Å²) < 4.78 is 5.60. The first-order chi connectivity index (χ1) is 15.5. The second-order valence-corrected chi connectivity index (χ2v) is 7.35. The fourth-order valence-electron chi connectivity index (χ4n) is 3.52. The monoisotopic (exact) mass is 434 g/mol. The molecule has 2 aromatic carbocycles. The fourth-order valence-corrected chi connectivity index (χ4v) is 3.52. The van der Waals surface area contributed by atoms with Gasteiger partial charge in [-0.15, -0.1) is 0 Å². The van der Waals surface area contributed by atoms with E-state index in [-0.39, 0.29) is 28.8 Å². The number of nitro benzene ring substituents is 1. The second kappa shape index (κ2) is 9.29. The Morgan fingerprint density at radius 3 is 2.56 bits per heavy atom. The molecule has 0 spiro atoms. The van der Waals surface area contributed by atoms with Crippen LogP contribution in [0.4, 0.5) is 22.9 Å². The van der Waals surface area contributed by atoms with Crippen molar-refractivity contribution in [2.45, 2.75) is 19.3 Å². The highest BCUT2D eigenvalue weighted by atomic mass is 16.6. The lowest BCUT2D eigenvalue weighted by molar-refractivity contribution is -0.384. The number of carbonyl (C=O) groups is 1. The van der Waals surface area contributed by atoms with Gasteiger partial charge in [0.25, 0.3) is 11.6 Å². The van der Waals surface area contributed by atoms with E-state index in [2.05, 4.69) is 20.2 Å². The number of benzene rings is 2. The highest BCUT2D eigenvalue weighted by Crippen LogP contribution is 2.27. The number of nitrogens with zero attached hydrogens (tertiary/aromatic N) is 4. The molecule has 1 saturated heterocycles. The van der Waals surface area contributed by atoms with Crippen LogP contribution in [0.2, 0.25) is 0 Å². The lowest BCUT2D eigenvalue weighted by Crippen LogP contribution is -2.29. The molecule has 164 valence electrons. The molecule has 3 N–H and O–H groups in total. The molecule has 1 aliphatic heterocycles. The van der Waals surface area contributed by atoms with E-state index < -0.39 is 10.8 Å². The van der Waals surface area contributed by atoms with Gasteiger partial charge in [-0.25, -0.2) is 4.98 Å².